The molecule has 3 nitrogen and oxygen atoms in total. The second-order valence-corrected chi connectivity index (χ2v) is 7.01. The molecule has 142 valence electrons. The molecule has 0 aromatic carbocycles. The number of ether oxygens (including phenoxy) is 1. The third-order valence-electron chi connectivity index (χ3n) is 4.17. The number of hydrogen-bond acceptors (Lipinski definition) is 2. The van der Waals surface area contributed by atoms with Gasteiger partial charge in [0.15, 0.2) is 5.56 Å². The number of halogens is 1. The second-order valence-electron chi connectivity index (χ2n) is 6.52. The summed E-state index contributed by atoms with van der Waals surface area (Å²) in [6.07, 6.45) is 21.7. The molecule has 0 radical (unpaired) electrons. The Morgan fingerprint density at radius 1 is 0.875 bits per heavy atom. The fraction of sp³-hybridized carbons (Fsp3) is 0.850. The van der Waals surface area contributed by atoms with Gasteiger partial charge in [-0.15, -0.1) is 0 Å². The van der Waals surface area contributed by atoms with E-state index in [9.17, 15) is 4.79 Å². The van der Waals surface area contributed by atoms with E-state index in [1.807, 2.05) is 0 Å². The third-order valence-corrected chi connectivity index (χ3v) is 4.48. The lowest BCUT2D eigenvalue weighted by molar-refractivity contribution is 0.0766. The highest BCUT2D eigenvalue weighted by molar-refractivity contribution is 6.20. The minimum absolute atomic E-state index is 0.606. The maximum atomic E-state index is 10.3. The van der Waals surface area contributed by atoms with Gasteiger partial charge in [0.2, 0.25) is 0 Å². The minimum Gasteiger partial charge on any atom is -0.450 e. The Hall–Kier alpha value is -0.700. The number of carboxylic acid groups (broad SMARTS) is 1. The summed E-state index contributed by atoms with van der Waals surface area (Å²) in [5.41, 5.74) is -0.695. The average Bonchev–Trinajstić information content (AvgIpc) is 2.53. The van der Waals surface area contributed by atoms with Gasteiger partial charge in [0, 0.05) is 0 Å². The highest BCUT2D eigenvalue weighted by atomic mass is 35.5. The summed E-state index contributed by atoms with van der Waals surface area (Å²) in [5.74, 6) is 0. The van der Waals surface area contributed by atoms with Crippen LogP contribution in [0, 0.1) is 0 Å². The Kier molecular flexibility index (Phi) is 18.1. The summed E-state index contributed by atoms with van der Waals surface area (Å²) in [6.45, 7) is 2.26. The molecule has 0 fully saturated rings. The fourth-order valence-corrected chi connectivity index (χ4v) is 2.95. The second kappa shape index (κ2) is 18.6. The number of unbranched alkanes of at least 4 members (excludes halogenated alkanes) is 12. The minimum atomic E-state index is -1.29. The largest absolute Gasteiger partial charge is 0.507 e. The van der Waals surface area contributed by atoms with E-state index in [2.05, 4.69) is 23.8 Å². The van der Waals surface area contributed by atoms with E-state index >= 15 is 0 Å². The molecule has 0 aliphatic carbocycles. The average molecular weight is 361 g/mol. The maximum Gasteiger partial charge on any atom is 0.507 e. The van der Waals surface area contributed by atoms with Crippen LogP contribution in [0.1, 0.15) is 103 Å². The molecule has 0 aliphatic rings. The Balaban J connectivity index is 3.16. The number of carbonyl (C=O) groups is 1. The lowest BCUT2D eigenvalue weighted by atomic mass is 10.1. The van der Waals surface area contributed by atoms with Gasteiger partial charge in [-0.25, -0.2) is 4.79 Å². The van der Waals surface area contributed by atoms with Crippen molar-refractivity contribution in [1.29, 1.82) is 0 Å². The number of hydrogen-bond donors (Lipinski definition) is 1. The van der Waals surface area contributed by atoms with Crippen LogP contribution in [0.15, 0.2) is 12.2 Å². The maximum absolute atomic E-state index is 10.3. The fourth-order valence-electron chi connectivity index (χ4n) is 2.72. The molecule has 0 bridgehead atoms. The van der Waals surface area contributed by atoms with Gasteiger partial charge in [-0.2, -0.15) is 0 Å². The van der Waals surface area contributed by atoms with Crippen molar-refractivity contribution in [2.24, 2.45) is 0 Å². The third kappa shape index (κ3) is 19.3. The van der Waals surface area contributed by atoms with E-state index < -0.39 is 11.7 Å². The Labute approximate surface area is 153 Å². The number of alkyl halides is 1. The van der Waals surface area contributed by atoms with Crippen LogP contribution in [-0.2, 0) is 4.74 Å². The van der Waals surface area contributed by atoms with E-state index in [0.717, 1.165) is 12.8 Å². The zero-order valence-electron chi connectivity index (χ0n) is 15.5. The van der Waals surface area contributed by atoms with Gasteiger partial charge in [0.05, 0.1) is 0 Å². The molecule has 0 amide bonds. The zero-order valence-corrected chi connectivity index (χ0v) is 16.2. The first-order valence-electron chi connectivity index (χ1n) is 9.85. The highest BCUT2D eigenvalue weighted by Crippen LogP contribution is 2.14. The van der Waals surface area contributed by atoms with Crippen LogP contribution < -0.4 is 0 Å². The molecule has 0 aromatic heterocycles. The summed E-state index contributed by atoms with van der Waals surface area (Å²) < 4.78 is 4.45. The van der Waals surface area contributed by atoms with Crippen molar-refractivity contribution < 1.29 is 14.6 Å². The Morgan fingerprint density at radius 3 is 1.83 bits per heavy atom. The molecule has 0 aromatic rings. The first kappa shape index (κ1) is 23.3. The van der Waals surface area contributed by atoms with Crippen LogP contribution in [0.3, 0.4) is 0 Å². The van der Waals surface area contributed by atoms with Crippen LogP contribution in [0.2, 0.25) is 0 Å². The van der Waals surface area contributed by atoms with E-state index in [4.69, 9.17) is 16.7 Å². The lowest BCUT2D eigenvalue weighted by Gasteiger charge is -2.07. The number of allylic oxidation sites excluding steroid dienone is 2. The van der Waals surface area contributed by atoms with Crippen LogP contribution in [-0.4, -0.2) is 16.8 Å². The Morgan fingerprint density at radius 2 is 1.33 bits per heavy atom. The van der Waals surface area contributed by atoms with E-state index in [-0.39, 0.29) is 0 Å². The molecule has 0 aliphatic heterocycles. The summed E-state index contributed by atoms with van der Waals surface area (Å²) in [6, 6.07) is 0. The van der Waals surface area contributed by atoms with Crippen LogP contribution >= 0.6 is 11.6 Å². The van der Waals surface area contributed by atoms with Gasteiger partial charge in [0.25, 0.3) is 0 Å². The first-order chi connectivity index (χ1) is 11.7. The van der Waals surface area contributed by atoms with E-state index in [1.165, 1.54) is 77.0 Å². The molecule has 0 saturated heterocycles. The molecular formula is C20H37ClO3. The van der Waals surface area contributed by atoms with Gasteiger partial charge in [-0.1, -0.05) is 88.5 Å². The van der Waals surface area contributed by atoms with E-state index in [1.54, 1.807) is 0 Å². The summed E-state index contributed by atoms with van der Waals surface area (Å²) in [4.78, 5) is 10.3. The lowest BCUT2D eigenvalue weighted by Crippen LogP contribution is -2.09. The van der Waals surface area contributed by atoms with Crippen molar-refractivity contribution in [3.63, 3.8) is 0 Å². The molecule has 4 heteroatoms. The van der Waals surface area contributed by atoms with Crippen molar-refractivity contribution in [3.8, 4) is 0 Å². The molecule has 0 saturated carbocycles. The van der Waals surface area contributed by atoms with Gasteiger partial charge < -0.3 is 9.84 Å². The van der Waals surface area contributed by atoms with Crippen molar-refractivity contribution in [3.05, 3.63) is 12.2 Å². The molecular weight excluding hydrogens is 324 g/mol. The van der Waals surface area contributed by atoms with Gasteiger partial charge in [-0.3, -0.25) is 0 Å². The monoisotopic (exact) mass is 360 g/mol. The summed E-state index contributed by atoms with van der Waals surface area (Å²) >= 11 is 5.73. The van der Waals surface area contributed by atoms with Crippen molar-refractivity contribution >= 4 is 17.8 Å². The van der Waals surface area contributed by atoms with Crippen LogP contribution in [0.5, 0.6) is 0 Å². The van der Waals surface area contributed by atoms with Gasteiger partial charge >= 0.3 is 6.16 Å². The standard InChI is InChI=1S/C20H37ClO3/c1-2-3-4-5-6-7-8-9-10-11-12-13-14-15-16-17-18-19(21)24-20(22)23/h9-10,19H,2-8,11-18H2,1H3,(H,22,23). The quantitative estimate of drug-likeness (QED) is 0.125. The van der Waals surface area contributed by atoms with Crippen molar-refractivity contribution in [1.82, 2.24) is 0 Å². The van der Waals surface area contributed by atoms with Gasteiger partial charge in [0.1, 0.15) is 0 Å². The normalized spacial score (nSPS) is 12.6. The zero-order chi connectivity index (χ0) is 17.9. The highest BCUT2D eigenvalue weighted by Gasteiger charge is 2.08. The van der Waals surface area contributed by atoms with Crippen molar-refractivity contribution in [2.45, 2.75) is 109 Å². The molecule has 1 atom stereocenters. The Bertz CT molecular complexity index is 305. The molecule has 24 heavy (non-hydrogen) atoms. The van der Waals surface area contributed by atoms with Crippen LogP contribution in [0.4, 0.5) is 4.79 Å². The SMILES string of the molecule is CCCCCCCCC=CCCCCCCCCC(Cl)OC(=O)O. The molecule has 0 spiro atoms. The summed E-state index contributed by atoms with van der Waals surface area (Å²) in [5, 5.41) is 8.41. The first-order valence-corrected chi connectivity index (χ1v) is 10.3. The predicted octanol–water partition coefficient (Wildman–Crippen LogP) is 7.67. The number of rotatable bonds is 17. The molecule has 1 unspecified atom stereocenters. The topological polar surface area (TPSA) is 46.5 Å². The summed E-state index contributed by atoms with van der Waals surface area (Å²) in [7, 11) is 0. The molecule has 0 heterocycles. The van der Waals surface area contributed by atoms with E-state index in [0.29, 0.717) is 6.42 Å². The van der Waals surface area contributed by atoms with Gasteiger partial charge in [-0.05, 0) is 38.5 Å². The smallest absolute Gasteiger partial charge is 0.450 e. The van der Waals surface area contributed by atoms with Crippen molar-refractivity contribution in [2.75, 3.05) is 0 Å². The molecule has 1 N–H and O–H groups in total. The molecule has 0 rings (SSSR count). The predicted molar refractivity (Wildman–Crippen MR) is 103 cm³/mol. The van der Waals surface area contributed by atoms with Crippen LogP contribution in [0.25, 0.3) is 0 Å².